The van der Waals surface area contributed by atoms with Crippen LogP contribution in [0.3, 0.4) is 0 Å². The average Bonchev–Trinajstić information content (AvgIpc) is 2.21. The number of rotatable bonds is 2. The number of alkyl halides is 1. The Morgan fingerprint density at radius 2 is 1.94 bits per heavy atom. The van der Waals surface area contributed by atoms with Gasteiger partial charge in [-0.25, -0.2) is 13.6 Å². The molecule has 0 fully saturated rings. The molecule has 6 heteroatoms. The van der Waals surface area contributed by atoms with Crippen LogP contribution < -0.4 is 4.90 Å². The molecule has 0 bridgehead atoms. The van der Waals surface area contributed by atoms with Gasteiger partial charge in [0.25, 0.3) is 0 Å². The number of halogens is 3. The molecule has 0 spiro atoms. The van der Waals surface area contributed by atoms with E-state index in [-0.39, 0.29) is 11.7 Å². The molecule has 0 aliphatic carbocycles. The van der Waals surface area contributed by atoms with Crippen molar-refractivity contribution in [2.75, 3.05) is 10.9 Å². The third kappa shape index (κ3) is 3.84. The molecule has 0 saturated carbocycles. The number of benzene rings is 1. The van der Waals surface area contributed by atoms with Gasteiger partial charge in [0.2, 0.25) is 0 Å². The number of hydrogen-bond donors (Lipinski definition) is 0. The molecule has 18 heavy (non-hydrogen) atoms. The highest BCUT2D eigenvalue weighted by Gasteiger charge is 2.23. The summed E-state index contributed by atoms with van der Waals surface area (Å²) in [4.78, 5) is 12.8. The highest BCUT2D eigenvalue weighted by atomic mass is 35.5. The molecule has 1 aromatic rings. The number of amides is 1. The van der Waals surface area contributed by atoms with E-state index in [0.29, 0.717) is 0 Å². The molecule has 0 saturated heterocycles. The Morgan fingerprint density at radius 3 is 2.39 bits per heavy atom. The predicted octanol–water partition coefficient (Wildman–Crippen LogP) is 3.90. The van der Waals surface area contributed by atoms with Crippen LogP contribution in [0.25, 0.3) is 0 Å². The van der Waals surface area contributed by atoms with Crippen LogP contribution in [0.5, 0.6) is 0 Å². The Labute approximate surface area is 109 Å². The largest absolute Gasteiger partial charge is 0.443 e. The Morgan fingerprint density at radius 1 is 1.33 bits per heavy atom. The Balaban J connectivity index is 2.95. The van der Waals surface area contributed by atoms with E-state index in [0.717, 1.165) is 17.0 Å². The SMILES string of the molecule is CC(C)(C)OC(=O)N(CCl)c1ccc(F)c(F)c1. The maximum Gasteiger partial charge on any atom is 0.415 e. The summed E-state index contributed by atoms with van der Waals surface area (Å²) in [6.07, 6.45) is -0.719. The van der Waals surface area contributed by atoms with Gasteiger partial charge in [-0.1, -0.05) is 0 Å². The molecule has 0 unspecified atom stereocenters. The summed E-state index contributed by atoms with van der Waals surface area (Å²) in [5, 5.41) is 0. The summed E-state index contributed by atoms with van der Waals surface area (Å²) in [6, 6.07) is 2.85. The highest BCUT2D eigenvalue weighted by molar-refractivity contribution is 6.21. The van der Waals surface area contributed by atoms with Gasteiger partial charge in [-0.05, 0) is 32.9 Å². The van der Waals surface area contributed by atoms with Gasteiger partial charge in [-0.3, -0.25) is 4.90 Å². The Hall–Kier alpha value is -1.36. The van der Waals surface area contributed by atoms with E-state index in [9.17, 15) is 13.6 Å². The second-order valence-corrected chi connectivity index (χ2v) is 4.87. The second kappa shape index (κ2) is 5.52. The summed E-state index contributed by atoms with van der Waals surface area (Å²) in [5.74, 6) is -2.04. The number of carbonyl (C=O) groups excluding carboxylic acids is 1. The molecule has 1 rings (SSSR count). The topological polar surface area (TPSA) is 29.5 Å². The third-order valence-electron chi connectivity index (χ3n) is 1.95. The van der Waals surface area contributed by atoms with Crippen LogP contribution in [0, 0.1) is 11.6 Å². The van der Waals surface area contributed by atoms with Crippen molar-refractivity contribution in [1.29, 1.82) is 0 Å². The number of ether oxygens (including phenoxy) is 1. The van der Waals surface area contributed by atoms with Gasteiger partial charge in [0.15, 0.2) is 11.6 Å². The number of nitrogens with zero attached hydrogens (tertiary/aromatic N) is 1. The first kappa shape index (κ1) is 14.7. The molecule has 0 N–H and O–H groups in total. The van der Waals surface area contributed by atoms with Gasteiger partial charge in [0, 0.05) is 6.07 Å². The standard InChI is InChI=1S/C12H14ClF2NO2/c1-12(2,3)18-11(17)16(7-13)8-4-5-9(14)10(15)6-8/h4-6H,7H2,1-3H3. The fraction of sp³-hybridized carbons (Fsp3) is 0.417. The summed E-state index contributed by atoms with van der Waals surface area (Å²) >= 11 is 5.63. The molecule has 0 radical (unpaired) electrons. The summed E-state index contributed by atoms with van der Waals surface area (Å²) in [5.41, 5.74) is -0.557. The first-order valence-electron chi connectivity index (χ1n) is 5.26. The fourth-order valence-electron chi connectivity index (χ4n) is 1.19. The number of carbonyl (C=O) groups is 1. The maximum atomic E-state index is 13.1. The quantitative estimate of drug-likeness (QED) is 0.606. The molecule has 100 valence electrons. The van der Waals surface area contributed by atoms with E-state index in [1.807, 2.05) is 0 Å². The van der Waals surface area contributed by atoms with Crippen LogP contribution in [-0.4, -0.2) is 17.7 Å². The minimum Gasteiger partial charge on any atom is -0.443 e. The van der Waals surface area contributed by atoms with Crippen LogP contribution in [0.2, 0.25) is 0 Å². The van der Waals surface area contributed by atoms with Crippen molar-refractivity contribution in [2.24, 2.45) is 0 Å². The van der Waals surface area contributed by atoms with Gasteiger partial charge >= 0.3 is 6.09 Å². The predicted molar refractivity (Wildman–Crippen MR) is 65.8 cm³/mol. The van der Waals surface area contributed by atoms with E-state index in [1.54, 1.807) is 20.8 Å². The fourth-order valence-corrected chi connectivity index (χ4v) is 1.43. The van der Waals surface area contributed by atoms with E-state index >= 15 is 0 Å². The maximum absolute atomic E-state index is 13.1. The Kier molecular flexibility index (Phi) is 4.51. The van der Waals surface area contributed by atoms with Crippen molar-refractivity contribution in [3.8, 4) is 0 Å². The lowest BCUT2D eigenvalue weighted by molar-refractivity contribution is 0.0586. The van der Waals surface area contributed by atoms with Gasteiger partial charge in [-0.2, -0.15) is 0 Å². The van der Waals surface area contributed by atoms with Crippen molar-refractivity contribution in [3.05, 3.63) is 29.8 Å². The molecule has 1 aromatic carbocycles. The van der Waals surface area contributed by atoms with Crippen molar-refractivity contribution in [1.82, 2.24) is 0 Å². The second-order valence-electron chi connectivity index (χ2n) is 4.63. The Bertz CT molecular complexity index is 446. The molecule has 0 aliphatic rings. The molecule has 0 heterocycles. The number of anilines is 1. The average molecular weight is 278 g/mol. The third-order valence-corrected chi connectivity index (χ3v) is 2.19. The van der Waals surface area contributed by atoms with Gasteiger partial charge in [0.05, 0.1) is 5.69 Å². The minimum absolute atomic E-state index is 0.137. The van der Waals surface area contributed by atoms with Crippen LogP contribution in [0.1, 0.15) is 20.8 Å². The summed E-state index contributed by atoms with van der Waals surface area (Å²) in [7, 11) is 0. The van der Waals surface area contributed by atoms with Crippen LogP contribution in [0.4, 0.5) is 19.3 Å². The molecular weight excluding hydrogens is 264 g/mol. The van der Waals surface area contributed by atoms with Crippen molar-refractivity contribution in [2.45, 2.75) is 26.4 Å². The summed E-state index contributed by atoms with van der Waals surface area (Å²) < 4.78 is 31.0. The lowest BCUT2D eigenvalue weighted by Gasteiger charge is -2.25. The van der Waals surface area contributed by atoms with Crippen LogP contribution in [-0.2, 0) is 4.74 Å². The van der Waals surface area contributed by atoms with Crippen molar-refractivity contribution < 1.29 is 18.3 Å². The molecule has 1 amide bonds. The summed E-state index contributed by atoms with van der Waals surface area (Å²) in [6.45, 7) is 5.09. The monoisotopic (exact) mass is 277 g/mol. The lowest BCUT2D eigenvalue weighted by atomic mass is 10.2. The molecular formula is C12H14ClF2NO2. The molecule has 0 aromatic heterocycles. The van der Waals surface area contributed by atoms with Crippen LogP contribution in [0.15, 0.2) is 18.2 Å². The van der Waals surface area contributed by atoms with E-state index in [1.165, 1.54) is 6.07 Å². The first-order chi connectivity index (χ1) is 8.24. The van der Waals surface area contributed by atoms with Crippen molar-refractivity contribution >= 4 is 23.4 Å². The zero-order valence-corrected chi connectivity index (χ0v) is 11.1. The zero-order chi connectivity index (χ0) is 13.9. The lowest BCUT2D eigenvalue weighted by Crippen LogP contribution is -2.36. The zero-order valence-electron chi connectivity index (χ0n) is 10.3. The van der Waals surface area contributed by atoms with E-state index < -0.39 is 23.3 Å². The molecule has 0 atom stereocenters. The normalized spacial score (nSPS) is 11.2. The smallest absolute Gasteiger partial charge is 0.415 e. The van der Waals surface area contributed by atoms with Gasteiger partial charge in [0.1, 0.15) is 11.6 Å². The molecule has 3 nitrogen and oxygen atoms in total. The first-order valence-corrected chi connectivity index (χ1v) is 5.79. The van der Waals surface area contributed by atoms with Crippen LogP contribution >= 0.6 is 11.6 Å². The van der Waals surface area contributed by atoms with Crippen molar-refractivity contribution in [3.63, 3.8) is 0 Å². The van der Waals surface area contributed by atoms with E-state index in [2.05, 4.69) is 0 Å². The number of hydrogen-bond acceptors (Lipinski definition) is 2. The highest BCUT2D eigenvalue weighted by Crippen LogP contribution is 2.21. The molecule has 0 aliphatic heterocycles. The van der Waals surface area contributed by atoms with Gasteiger partial charge in [-0.15, -0.1) is 11.6 Å². The van der Waals surface area contributed by atoms with Gasteiger partial charge < -0.3 is 4.74 Å². The minimum atomic E-state index is -1.05. The van der Waals surface area contributed by atoms with E-state index in [4.69, 9.17) is 16.3 Å².